The topological polar surface area (TPSA) is 38.8 Å². The van der Waals surface area contributed by atoms with Crippen LogP contribution < -0.4 is 0 Å². The van der Waals surface area contributed by atoms with Crippen LogP contribution in [-0.2, 0) is 16.1 Å². The first-order valence-corrected chi connectivity index (χ1v) is 8.09. The molecule has 0 N–H and O–H groups in total. The van der Waals surface area contributed by atoms with Gasteiger partial charge in [0.15, 0.2) is 0 Å². The van der Waals surface area contributed by atoms with Crippen molar-refractivity contribution in [2.75, 3.05) is 0 Å². The van der Waals surface area contributed by atoms with Gasteiger partial charge in [0.05, 0.1) is 12.7 Å². The standard InChI is InChI=1S/C18H25NO3/c1-18(2,3)22-17(20)19-14-9-15(19)11-16(10-14)21-12-13-7-5-4-6-8-13/h4-8,14-16H,9-12H2,1-3H3. The monoisotopic (exact) mass is 303 g/mol. The molecule has 4 nitrogen and oxygen atoms in total. The molecule has 22 heavy (non-hydrogen) atoms. The molecule has 0 spiro atoms. The van der Waals surface area contributed by atoms with Crippen molar-refractivity contribution in [3.8, 4) is 0 Å². The predicted molar refractivity (Wildman–Crippen MR) is 84.5 cm³/mol. The van der Waals surface area contributed by atoms with E-state index in [0.717, 1.165) is 19.3 Å². The molecule has 3 aliphatic rings. The second kappa shape index (κ2) is 5.92. The summed E-state index contributed by atoms with van der Waals surface area (Å²) in [6.45, 7) is 6.38. The molecule has 0 aromatic heterocycles. The molecule has 1 saturated carbocycles. The SMILES string of the molecule is CC(C)(C)OC(=O)N1C2CC(OCc3ccccc3)CC1C2. The van der Waals surface area contributed by atoms with Gasteiger partial charge in [-0.25, -0.2) is 4.79 Å². The zero-order valence-electron chi connectivity index (χ0n) is 13.6. The van der Waals surface area contributed by atoms with Crippen molar-refractivity contribution in [2.24, 2.45) is 0 Å². The van der Waals surface area contributed by atoms with E-state index in [1.807, 2.05) is 43.9 Å². The van der Waals surface area contributed by atoms with E-state index in [0.29, 0.717) is 6.61 Å². The first kappa shape index (κ1) is 15.3. The first-order chi connectivity index (χ1) is 10.4. The number of fused-ring (bicyclic) bond motifs is 2. The summed E-state index contributed by atoms with van der Waals surface area (Å²) in [4.78, 5) is 14.1. The summed E-state index contributed by atoms with van der Waals surface area (Å²) in [5.74, 6) is 0. The second-order valence-electron chi connectivity index (χ2n) is 7.32. The highest BCUT2D eigenvalue weighted by Crippen LogP contribution is 2.40. The van der Waals surface area contributed by atoms with E-state index in [1.165, 1.54) is 5.56 Å². The molecule has 1 aromatic carbocycles. The average Bonchev–Trinajstić information content (AvgIpc) is 2.44. The van der Waals surface area contributed by atoms with Gasteiger partial charge in [-0.2, -0.15) is 0 Å². The molecule has 120 valence electrons. The Balaban J connectivity index is 1.49. The lowest BCUT2D eigenvalue weighted by atomic mass is 9.78. The van der Waals surface area contributed by atoms with E-state index >= 15 is 0 Å². The molecule has 3 fully saturated rings. The van der Waals surface area contributed by atoms with Crippen LogP contribution in [-0.4, -0.2) is 34.8 Å². The lowest BCUT2D eigenvalue weighted by Crippen LogP contribution is -2.64. The molecule has 2 bridgehead atoms. The number of hydrogen-bond acceptors (Lipinski definition) is 3. The third-order valence-electron chi connectivity index (χ3n) is 4.33. The number of hydrogen-bond donors (Lipinski definition) is 0. The fraction of sp³-hybridized carbons (Fsp3) is 0.611. The Morgan fingerprint density at radius 2 is 1.77 bits per heavy atom. The fourth-order valence-electron chi connectivity index (χ4n) is 3.36. The van der Waals surface area contributed by atoms with Crippen molar-refractivity contribution in [3.05, 3.63) is 35.9 Å². The Kier molecular flexibility index (Phi) is 4.13. The molecule has 1 aromatic rings. The average molecular weight is 303 g/mol. The van der Waals surface area contributed by atoms with E-state index in [2.05, 4.69) is 12.1 Å². The van der Waals surface area contributed by atoms with E-state index < -0.39 is 5.60 Å². The van der Waals surface area contributed by atoms with Crippen LogP contribution in [0.3, 0.4) is 0 Å². The Labute approximate surface area is 132 Å². The number of benzene rings is 1. The van der Waals surface area contributed by atoms with E-state index in [-0.39, 0.29) is 24.3 Å². The number of carbonyl (C=O) groups is 1. The summed E-state index contributed by atoms with van der Waals surface area (Å²) in [5, 5.41) is 0. The molecule has 2 atom stereocenters. The third-order valence-corrected chi connectivity index (χ3v) is 4.33. The number of ether oxygens (including phenoxy) is 2. The van der Waals surface area contributed by atoms with Crippen LogP contribution in [0.15, 0.2) is 30.3 Å². The molecule has 0 radical (unpaired) electrons. The summed E-state index contributed by atoms with van der Waals surface area (Å²) in [5.41, 5.74) is 0.773. The van der Waals surface area contributed by atoms with Gasteiger partial charge in [-0.15, -0.1) is 0 Å². The summed E-state index contributed by atoms with van der Waals surface area (Å²) >= 11 is 0. The quantitative estimate of drug-likeness (QED) is 0.853. The van der Waals surface area contributed by atoms with Gasteiger partial charge in [0, 0.05) is 12.1 Å². The largest absolute Gasteiger partial charge is 0.444 e. The number of nitrogens with zero attached hydrogens (tertiary/aromatic N) is 1. The summed E-state index contributed by atoms with van der Waals surface area (Å²) in [7, 11) is 0. The zero-order valence-corrected chi connectivity index (χ0v) is 13.6. The Morgan fingerprint density at radius 3 is 2.36 bits per heavy atom. The van der Waals surface area contributed by atoms with Gasteiger partial charge in [-0.3, -0.25) is 0 Å². The number of piperidine rings is 1. The van der Waals surface area contributed by atoms with Crippen LogP contribution >= 0.6 is 0 Å². The molecule has 4 heteroatoms. The maximum Gasteiger partial charge on any atom is 0.410 e. The summed E-state index contributed by atoms with van der Waals surface area (Å²) < 4.78 is 11.5. The number of rotatable bonds is 3. The van der Waals surface area contributed by atoms with E-state index in [1.54, 1.807) is 0 Å². The number of carbonyl (C=O) groups excluding carboxylic acids is 1. The molecule has 4 rings (SSSR count). The van der Waals surface area contributed by atoms with Crippen molar-refractivity contribution >= 4 is 6.09 Å². The van der Waals surface area contributed by atoms with Crippen LogP contribution in [0.1, 0.15) is 45.6 Å². The van der Waals surface area contributed by atoms with Gasteiger partial charge < -0.3 is 14.4 Å². The summed E-state index contributed by atoms with van der Waals surface area (Å²) in [6.07, 6.45) is 3.01. The minimum absolute atomic E-state index is 0.171. The highest BCUT2D eigenvalue weighted by molar-refractivity contribution is 5.70. The van der Waals surface area contributed by atoms with Crippen LogP contribution in [0.5, 0.6) is 0 Å². The smallest absolute Gasteiger partial charge is 0.410 e. The van der Waals surface area contributed by atoms with Crippen LogP contribution in [0.4, 0.5) is 4.79 Å². The van der Waals surface area contributed by atoms with Crippen LogP contribution in [0, 0.1) is 0 Å². The summed E-state index contributed by atoms with van der Waals surface area (Å²) in [6, 6.07) is 10.8. The maximum atomic E-state index is 12.2. The molecule has 2 unspecified atom stereocenters. The van der Waals surface area contributed by atoms with Gasteiger partial charge in [0.25, 0.3) is 0 Å². The lowest BCUT2D eigenvalue weighted by molar-refractivity contribution is -0.107. The van der Waals surface area contributed by atoms with Gasteiger partial charge in [-0.05, 0) is 45.6 Å². The molecule has 2 heterocycles. The van der Waals surface area contributed by atoms with Crippen molar-refractivity contribution < 1.29 is 14.3 Å². The molecular weight excluding hydrogens is 278 g/mol. The first-order valence-electron chi connectivity index (χ1n) is 8.09. The zero-order chi connectivity index (χ0) is 15.7. The second-order valence-corrected chi connectivity index (χ2v) is 7.32. The Morgan fingerprint density at radius 1 is 1.14 bits per heavy atom. The molecule has 2 aliphatic heterocycles. The maximum absolute atomic E-state index is 12.2. The Hall–Kier alpha value is -1.55. The molecule has 2 saturated heterocycles. The van der Waals surface area contributed by atoms with Crippen molar-refractivity contribution in [1.82, 2.24) is 4.90 Å². The van der Waals surface area contributed by atoms with Crippen LogP contribution in [0.2, 0.25) is 0 Å². The molecule has 1 aliphatic carbocycles. The van der Waals surface area contributed by atoms with Crippen molar-refractivity contribution in [1.29, 1.82) is 0 Å². The van der Waals surface area contributed by atoms with Crippen molar-refractivity contribution in [3.63, 3.8) is 0 Å². The molecular formula is C18H25NO3. The fourth-order valence-corrected chi connectivity index (χ4v) is 3.36. The highest BCUT2D eigenvalue weighted by atomic mass is 16.6. The highest BCUT2D eigenvalue weighted by Gasteiger charge is 2.49. The van der Waals surface area contributed by atoms with Crippen molar-refractivity contribution in [2.45, 2.75) is 70.4 Å². The van der Waals surface area contributed by atoms with Gasteiger partial charge in [-0.1, -0.05) is 30.3 Å². The Bertz CT molecular complexity index is 511. The molecule has 1 amide bonds. The normalized spacial score (nSPS) is 27.2. The van der Waals surface area contributed by atoms with Gasteiger partial charge >= 0.3 is 6.09 Å². The lowest BCUT2D eigenvalue weighted by Gasteiger charge is -2.54. The van der Waals surface area contributed by atoms with E-state index in [9.17, 15) is 4.79 Å². The predicted octanol–water partition coefficient (Wildman–Crippen LogP) is 3.74. The van der Waals surface area contributed by atoms with Gasteiger partial charge in [0.1, 0.15) is 5.60 Å². The minimum atomic E-state index is -0.426. The van der Waals surface area contributed by atoms with E-state index in [4.69, 9.17) is 9.47 Å². The minimum Gasteiger partial charge on any atom is -0.444 e. The van der Waals surface area contributed by atoms with Gasteiger partial charge in [0.2, 0.25) is 0 Å². The third kappa shape index (κ3) is 3.43. The van der Waals surface area contributed by atoms with Crippen LogP contribution in [0.25, 0.3) is 0 Å². The number of amides is 1.